The van der Waals surface area contributed by atoms with Gasteiger partial charge in [0.15, 0.2) is 5.76 Å². The number of benzene rings is 1. The standard InChI is InChI=1S/C20H20N4O4/c1-15(25)24(17-5-2-4-16(12-17)13-21)14-19(26)22-7-9-23(10-8-22)20(27)18-6-3-11-28-18/h2-6,11-12H,7-10,14H2,1H3. The summed E-state index contributed by atoms with van der Waals surface area (Å²) in [6.45, 7) is 2.83. The monoisotopic (exact) mass is 380 g/mol. The van der Waals surface area contributed by atoms with Crippen LogP contribution in [0.1, 0.15) is 23.0 Å². The first kappa shape index (κ1) is 19.2. The first-order chi connectivity index (χ1) is 13.5. The number of anilines is 1. The van der Waals surface area contributed by atoms with Crippen LogP contribution in [0.4, 0.5) is 5.69 Å². The summed E-state index contributed by atoms with van der Waals surface area (Å²) in [5, 5.41) is 9.04. The minimum atomic E-state index is -0.282. The lowest BCUT2D eigenvalue weighted by Gasteiger charge is -2.35. The number of nitrogens with zero attached hydrogens (tertiary/aromatic N) is 4. The van der Waals surface area contributed by atoms with Crippen molar-refractivity contribution < 1.29 is 18.8 Å². The summed E-state index contributed by atoms with van der Waals surface area (Å²) in [5.74, 6) is -0.409. The topological polar surface area (TPSA) is 97.9 Å². The quantitative estimate of drug-likeness (QED) is 0.800. The minimum Gasteiger partial charge on any atom is -0.459 e. The Hall–Kier alpha value is -3.60. The van der Waals surface area contributed by atoms with Crippen molar-refractivity contribution in [1.82, 2.24) is 9.80 Å². The Balaban J connectivity index is 1.61. The number of hydrogen-bond acceptors (Lipinski definition) is 5. The highest BCUT2D eigenvalue weighted by Gasteiger charge is 2.27. The molecule has 2 aromatic rings. The molecule has 0 aliphatic carbocycles. The van der Waals surface area contributed by atoms with E-state index in [1.807, 2.05) is 6.07 Å². The van der Waals surface area contributed by atoms with Crippen LogP contribution in [0.25, 0.3) is 0 Å². The fourth-order valence-corrected chi connectivity index (χ4v) is 3.08. The molecular weight excluding hydrogens is 360 g/mol. The van der Waals surface area contributed by atoms with Gasteiger partial charge in [-0.3, -0.25) is 14.4 Å². The summed E-state index contributed by atoms with van der Waals surface area (Å²) < 4.78 is 5.13. The van der Waals surface area contributed by atoms with Crippen LogP contribution in [-0.4, -0.2) is 60.2 Å². The van der Waals surface area contributed by atoms with Crippen molar-refractivity contribution in [3.05, 3.63) is 54.0 Å². The normalized spacial score (nSPS) is 13.7. The smallest absolute Gasteiger partial charge is 0.289 e. The molecule has 3 amide bonds. The molecule has 0 N–H and O–H groups in total. The fourth-order valence-electron chi connectivity index (χ4n) is 3.08. The second kappa shape index (κ2) is 8.39. The van der Waals surface area contributed by atoms with E-state index >= 15 is 0 Å². The summed E-state index contributed by atoms with van der Waals surface area (Å²) in [7, 11) is 0. The molecule has 1 saturated heterocycles. The zero-order chi connectivity index (χ0) is 20.1. The highest BCUT2D eigenvalue weighted by atomic mass is 16.3. The fraction of sp³-hybridized carbons (Fsp3) is 0.300. The van der Waals surface area contributed by atoms with Crippen molar-refractivity contribution in [1.29, 1.82) is 5.26 Å². The van der Waals surface area contributed by atoms with Crippen LogP contribution in [-0.2, 0) is 9.59 Å². The zero-order valence-electron chi connectivity index (χ0n) is 15.5. The van der Waals surface area contributed by atoms with Crippen LogP contribution in [0.15, 0.2) is 47.1 Å². The van der Waals surface area contributed by atoms with Crippen molar-refractivity contribution in [3.63, 3.8) is 0 Å². The Labute approximate surface area is 162 Å². The zero-order valence-corrected chi connectivity index (χ0v) is 15.5. The van der Waals surface area contributed by atoms with E-state index < -0.39 is 0 Å². The average molecular weight is 380 g/mol. The van der Waals surface area contributed by atoms with E-state index in [1.165, 1.54) is 18.1 Å². The summed E-state index contributed by atoms with van der Waals surface area (Å²) in [6, 6.07) is 11.9. The first-order valence-electron chi connectivity index (χ1n) is 8.88. The maximum atomic E-state index is 12.7. The molecule has 8 nitrogen and oxygen atoms in total. The maximum absolute atomic E-state index is 12.7. The van der Waals surface area contributed by atoms with Crippen LogP contribution in [0.3, 0.4) is 0 Å². The molecule has 28 heavy (non-hydrogen) atoms. The highest BCUT2D eigenvalue weighted by Crippen LogP contribution is 2.17. The molecule has 1 fully saturated rings. The van der Waals surface area contributed by atoms with Gasteiger partial charge in [-0.05, 0) is 30.3 Å². The summed E-state index contributed by atoms with van der Waals surface area (Å²) in [5.41, 5.74) is 0.924. The van der Waals surface area contributed by atoms with Gasteiger partial charge in [-0.15, -0.1) is 0 Å². The molecule has 8 heteroatoms. The largest absolute Gasteiger partial charge is 0.459 e. The number of piperazine rings is 1. The van der Waals surface area contributed by atoms with E-state index in [4.69, 9.17) is 9.68 Å². The number of carbonyl (C=O) groups excluding carboxylic acids is 3. The summed E-state index contributed by atoms with van der Waals surface area (Å²) >= 11 is 0. The number of amides is 3. The van der Waals surface area contributed by atoms with Crippen molar-refractivity contribution in [3.8, 4) is 6.07 Å². The molecule has 0 bridgehead atoms. The molecule has 2 heterocycles. The molecule has 0 unspecified atom stereocenters. The van der Waals surface area contributed by atoms with Gasteiger partial charge in [0, 0.05) is 38.8 Å². The predicted octanol–water partition coefficient (Wildman–Crippen LogP) is 1.49. The Bertz CT molecular complexity index is 909. The molecule has 1 aromatic carbocycles. The van der Waals surface area contributed by atoms with Gasteiger partial charge in [0.1, 0.15) is 6.54 Å². The third-order valence-electron chi connectivity index (χ3n) is 4.61. The molecule has 1 aromatic heterocycles. The average Bonchev–Trinajstić information content (AvgIpc) is 3.26. The summed E-state index contributed by atoms with van der Waals surface area (Å²) in [6.07, 6.45) is 1.45. The van der Waals surface area contributed by atoms with Crippen LogP contribution in [0.5, 0.6) is 0 Å². The number of hydrogen-bond donors (Lipinski definition) is 0. The van der Waals surface area contributed by atoms with E-state index in [-0.39, 0.29) is 30.0 Å². The van der Waals surface area contributed by atoms with E-state index in [9.17, 15) is 14.4 Å². The minimum absolute atomic E-state index is 0.115. The van der Waals surface area contributed by atoms with Crippen LogP contribution in [0.2, 0.25) is 0 Å². The van der Waals surface area contributed by atoms with Crippen LogP contribution >= 0.6 is 0 Å². The van der Waals surface area contributed by atoms with Gasteiger partial charge in [-0.25, -0.2) is 0 Å². The van der Waals surface area contributed by atoms with Crippen LogP contribution < -0.4 is 4.90 Å². The molecule has 144 valence electrons. The Morgan fingerprint density at radius 1 is 1.11 bits per heavy atom. The Morgan fingerprint density at radius 2 is 1.82 bits per heavy atom. The maximum Gasteiger partial charge on any atom is 0.289 e. The first-order valence-corrected chi connectivity index (χ1v) is 8.88. The lowest BCUT2D eigenvalue weighted by atomic mass is 10.2. The van der Waals surface area contributed by atoms with E-state index in [0.29, 0.717) is 37.4 Å². The van der Waals surface area contributed by atoms with Crippen molar-refractivity contribution >= 4 is 23.4 Å². The van der Waals surface area contributed by atoms with Gasteiger partial charge in [0.05, 0.1) is 17.9 Å². The Kier molecular flexibility index (Phi) is 5.75. The van der Waals surface area contributed by atoms with Crippen LogP contribution in [0, 0.1) is 11.3 Å². The Morgan fingerprint density at radius 3 is 2.43 bits per heavy atom. The SMILES string of the molecule is CC(=O)N(CC(=O)N1CCN(C(=O)c2ccco2)CC1)c1cccc(C#N)c1. The molecule has 0 atom stereocenters. The van der Waals surface area contributed by atoms with E-state index in [1.54, 1.807) is 46.2 Å². The lowest BCUT2D eigenvalue weighted by molar-refractivity contribution is -0.132. The van der Waals surface area contributed by atoms with E-state index in [2.05, 4.69) is 0 Å². The molecule has 1 aliphatic heterocycles. The summed E-state index contributed by atoms with van der Waals surface area (Å²) in [4.78, 5) is 41.7. The van der Waals surface area contributed by atoms with Crippen molar-refractivity contribution in [2.24, 2.45) is 0 Å². The predicted molar refractivity (Wildman–Crippen MR) is 100 cm³/mol. The molecule has 0 saturated carbocycles. The van der Waals surface area contributed by atoms with Crippen molar-refractivity contribution in [2.45, 2.75) is 6.92 Å². The molecule has 3 rings (SSSR count). The van der Waals surface area contributed by atoms with Gasteiger partial charge in [0.25, 0.3) is 5.91 Å². The number of carbonyl (C=O) groups is 3. The van der Waals surface area contributed by atoms with Gasteiger partial charge < -0.3 is 19.1 Å². The third-order valence-corrected chi connectivity index (χ3v) is 4.61. The number of rotatable bonds is 4. The second-order valence-corrected chi connectivity index (χ2v) is 6.42. The second-order valence-electron chi connectivity index (χ2n) is 6.42. The van der Waals surface area contributed by atoms with Gasteiger partial charge in [-0.2, -0.15) is 5.26 Å². The molecular formula is C20H20N4O4. The van der Waals surface area contributed by atoms with Crippen molar-refractivity contribution in [2.75, 3.05) is 37.6 Å². The third kappa shape index (κ3) is 4.20. The van der Waals surface area contributed by atoms with Gasteiger partial charge in [0.2, 0.25) is 11.8 Å². The molecule has 0 spiro atoms. The molecule has 0 radical (unpaired) electrons. The lowest BCUT2D eigenvalue weighted by Crippen LogP contribution is -2.53. The van der Waals surface area contributed by atoms with Gasteiger partial charge >= 0.3 is 0 Å². The van der Waals surface area contributed by atoms with Gasteiger partial charge in [-0.1, -0.05) is 6.07 Å². The molecule has 1 aliphatic rings. The number of nitriles is 1. The number of furan rings is 1. The highest BCUT2D eigenvalue weighted by molar-refractivity contribution is 5.97. The van der Waals surface area contributed by atoms with E-state index in [0.717, 1.165) is 0 Å².